The van der Waals surface area contributed by atoms with E-state index in [4.69, 9.17) is 5.11 Å². The molecule has 0 radical (unpaired) electrons. The topological polar surface area (TPSA) is 84.2 Å². The van der Waals surface area contributed by atoms with E-state index < -0.39 is 11.5 Å². The lowest BCUT2D eigenvalue weighted by molar-refractivity contribution is -0.139. The van der Waals surface area contributed by atoms with Gasteiger partial charge in [-0.05, 0) is 25.0 Å². The fourth-order valence-corrected chi connectivity index (χ4v) is 2.88. The van der Waals surface area contributed by atoms with Crippen LogP contribution >= 0.6 is 0 Å². The molecule has 1 heterocycles. The van der Waals surface area contributed by atoms with Crippen molar-refractivity contribution in [3.8, 4) is 0 Å². The first kappa shape index (κ1) is 15.3. The number of carbonyl (C=O) groups excluding carboxylic acids is 1. The number of aliphatic carboxylic acids is 1. The van der Waals surface area contributed by atoms with Crippen LogP contribution < -0.4 is 5.32 Å². The standard InChI is InChI=1S/C15H21N3O3/c1-18-12(7-10-16-18)5-6-13(19)17-15(11-14(20)21)8-3-2-4-9-15/h5-7,10H,2-4,8-9,11H2,1H3,(H,17,19)(H,20,21). The number of aryl methyl sites for hydroxylation is 1. The fraction of sp³-hybridized carbons (Fsp3) is 0.533. The lowest BCUT2D eigenvalue weighted by Gasteiger charge is -2.36. The normalized spacial score (nSPS) is 17.8. The van der Waals surface area contributed by atoms with Crippen molar-refractivity contribution in [1.29, 1.82) is 0 Å². The van der Waals surface area contributed by atoms with Crippen molar-refractivity contribution >= 4 is 18.0 Å². The Kier molecular flexibility index (Phi) is 4.77. The average Bonchev–Trinajstić information content (AvgIpc) is 2.82. The highest BCUT2D eigenvalue weighted by molar-refractivity contribution is 5.92. The zero-order valence-corrected chi connectivity index (χ0v) is 12.2. The highest BCUT2D eigenvalue weighted by atomic mass is 16.4. The van der Waals surface area contributed by atoms with Crippen molar-refractivity contribution in [2.45, 2.75) is 44.1 Å². The van der Waals surface area contributed by atoms with Crippen LogP contribution in [0, 0.1) is 0 Å². The molecular formula is C15H21N3O3. The molecule has 0 aliphatic heterocycles. The van der Waals surface area contributed by atoms with Crippen molar-refractivity contribution in [1.82, 2.24) is 15.1 Å². The molecule has 0 saturated heterocycles. The van der Waals surface area contributed by atoms with Gasteiger partial charge in [0.1, 0.15) is 0 Å². The molecule has 0 atom stereocenters. The number of carboxylic acid groups (broad SMARTS) is 1. The van der Waals surface area contributed by atoms with Crippen LogP contribution in [0.3, 0.4) is 0 Å². The largest absolute Gasteiger partial charge is 0.481 e. The van der Waals surface area contributed by atoms with Crippen molar-refractivity contribution in [3.05, 3.63) is 24.0 Å². The number of carboxylic acids is 1. The summed E-state index contributed by atoms with van der Waals surface area (Å²) in [6.07, 6.45) is 9.23. The molecule has 1 aromatic heterocycles. The molecule has 114 valence electrons. The molecule has 21 heavy (non-hydrogen) atoms. The van der Waals surface area contributed by atoms with Crippen molar-refractivity contribution in [2.24, 2.45) is 7.05 Å². The fourth-order valence-electron chi connectivity index (χ4n) is 2.88. The summed E-state index contributed by atoms with van der Waals surface area (Å²) >= 11 is 0. The summed E-state index contributed by atoms with van der Waals surface area (Å²) in [5.74, 6) is -1.12. The number of nitrogens with one attached hydrogen (secondary N) is 1. The van der Waals surface area contributed by atoms with E-state index in [1.165, 1.54) is 6.08 Å². The number of amides is 1. The summed E-state index contributed by atoms with van der Waals surface area (Å²) in [6, 6.07) is 1.80. The van der Waals surface area contributed by atoms with E-state index in [2.05, 4.69) is 10.4 Å². The first-order valence-corrected chi connectivity index (χ1v) is 7.21. The van der Waals surface area contributed by atoms with Gasteiger partial charge in [-0.15, -0.1) is 0 Å². The zero-order chi connectivity index (χ0) is 15.3. The van der Waals surface area contributed by atoms with Crippen LogP contribution in [0.25, 0.3) is 6.08 Å². The quantitative estimate of drug-likeness (QED) is 0.809. The van der Waals surface area contributed by atoms with E-state index in [-0.39, 0.29) is 12.3 Å². The van der Waals surface area contributed by atoms with Crippen LogP contribution in [0.2, 0.25) is 0 Å². The Morgan fingerprint density at radius 2 is 2.14 bits per heavy atom. The Balaban J connectivity index is 2.02. The van der Waals surface area contributed by atoms with Gasteiger partial charge in [-0.3, -0.25) is 14.3 Å². The molecule has 2 rings (SSSR count). The average molecular weight is 291 g/mol. The lowest BCUT2D eigenvalue weighted by Crippen LogP contribution is -2.50. The summed E-state index contributed by atoms with van der Waals surface area (Å²) in [5, 5.41) is 16.0. The number of aromatic nitrogens is 2. The van der Waals surface area contributed by atoms with E-state index in [9.17, 15) is 9.59 Å². The Bertz CT molecular complexity index is 542. The number of hydrogen-bond acceptors (Lipinski definition) is 3. The summed E-state index contributed by atoms with van der Waals surface area (Å²) in [5.41, 5.74) is 0.221. The first-order valence-electron chi connectivity index (χ1n) is 7.21. The molecular weight excluding hydrogens is 270 g/mol. The molecule has 1 amide bonds. The third kappa shape index (κ3) is 4.18. The molecule has 0 spiro atoms. The third-order valence-electron chi connectivity index (χ3n) is 3.95. The summed E-state index contributed by atoms with van der Waals surface area (Å²) in [6.45, 7) is 0. The number of carbonyl (C=O) groups is 2. The van der Waals surface area contributed by atoms with Crippen LogP contribution in [0.4, 0.5) is 0 Å². The number of nitrogens with zero attached hydrogens (tertiary/aromatic N) is 2. The Labute approximate surface area is 123 Å². The molecule has 1 fully saturated rings. The minimum Gasteiger partial charge on any atom is -0.481 e. The number of hydrogen-bond donors (Lipinski definition) is 2. The molecule has 1 aromatic rings. The van der Waals surface area contributed by atoms with Gasteiger partial charge >= 0.3 is 5.97 Å². The second-order valence-electron chi connectivity index (χ2n) is 5.61. The first-order chi connectivity index (χ1) is 10.0. The monoisotopic (exact) mass is 291 g/mol. The molecule has 0 bridgehead atoms. The van der Waals surface area contributed by atoms with Crippen molar-refractivity contribution in [2.75, 3.05) is 0 Å². The van der Waals surface area contributed by atoms with Crippen LogP contribution in [-0.2, 0) is 16.6 Å². The van der Waals surface area contributed by atoms with Gasteiger partial charge in [0.2, 0.25) is 5.91 Å². The maximum absolute atomic E-state index is 12.1. The van der Waals surface area contributed by atoms with Gasteiger partial charge in [0.05, 0.1) is 17.7 Å². The second kappa shape index (κ2) is 6.56. The van der Waals surface area contributed by atoms with E-state index in [1.807, 2.05) is 0 Å². The van der Waals surface area contributed by atoms with E-state index >= 15 is 0 Å². The van der Waals surface area contributed by atoms with E-state index in [0.29, 0.717) is 0 Å². The highest BCUT2D eigenvalue weighted by Crippen LogP contribution is 2.31. The molecule has 6 nitrogen and oxygen atoms in total. The molecule has 6 heteroatoms. The van der Waals surface area contributed by atoms with Crippen LogP contribution in [0.1, 0.15) is 44.2 Å². The second-order valence-corrected chi connectivity index (χ2v) is 5.61. The maximum Gasteiger partial charge on any atom is 0.305 e. The van der Waals surface area contributed by atoms with Gasteiger partial charge in [0, 0.05) is 19.3 Å². The van der Waals surface area contributed by atoms with Gasteiger partial charge in [0.15, 0.2) is 0 Å². The van der Waals surface area contributed by atoms with E-state index in [0.717, 1.165) is 37.8 Å². The summed E-state index contributed by atoms with van der Waals surface area (Å²) in [7, 11) is 1.80. The van der Waals surface area contributed by atoms with Crippen LogP contribution in [0.5, 0.6) is 0 Å². The van der Waals surface area contributed by atoms with Gasteiger partial charge in [-0.1, -0.05) is 19.3 Å². The van der Waals surface area contributed by atoms with Gasteiger partial charge in [-0.25, -0.2) is 0 Å². The molecule has 0 aromatic carbocycles. The zero-order valence-electron chi connectivity index (χ0n) is 12.2. The van der Waals surface area contributed by atoms with Gasteiger partial charge in [0.25, 0.3) is 0 Å². The predicted octanol–water partition coefficient (Wildman–Crippen LogP) is 1.73. The van der Waals surface area contributed by atoms with Gasteiger partial charge in [-0.2, -0.15) is 5.10 Å². The van der Waals surface area contributed by atoms with Crippen molar-refractivity contribution in [3.63, 3.8) is 0 Å². The molecule has 1 saturated carbocycles. The molecule has 2 N–H and O–H groups in total. The van der Waals surface area contributed by atoms with Gasteiger partial charge < -0.3 is 10.4 Å². The minimum atomic E-state index is -0.868. The minimum absolute atomic E-state index is 0.0156. The Morgan fingerprint density at radius 3 is 2.71 bits per heavy atom. The van der Waals surface area contributed by atoms with E-state index in [1.54, 1.807) is 30.1 Å². The maximum atomic E-state index is 12.1. The highest BCUT2D eigenvalue weighted by Gasteiger charge is 2.35. The smallest absolute Gasteiger partial charge is 0.305 e. The molecule has 1 aliphatic carbocycles. The summed E-state index contributed by atoms with van der Waals surface area (Å²) in [4.78, 5) is 23.1. The predicted molar refractivity (Wildman–Crippen MR) is 78.5 cm³/mol. The van der Waals surface area contributed by atoms with Crippen LogP contribution in [0.15, 0.2) is 18.3 Å². The lowest BCUT2D eigenvalue weighted by atomic mass is 9.79. The number of rotatable bonds is 5. The van der Waals surface area contributed by atoms with Crippen molar-refractivity contribution < 1.29 is 14.7 Å². The molecule has 0 unspecified atom stereocenters. The summed E-state index contributed by atoms with van der Waals surface area (Å²) < 4.78 is 1.66. The van der Waals surface area contributed by atoms with Crippen LogP contribution in [-0.4, -0.2) is 32.3 Å². The molecule has 1 aliphatic rings. The Morgan fingerprint density at radius 1 is 1.43 bits per heavy atom. The SMILES string of the molecule is Cn1nccc1C=CC(=O)NC1(CC(=O)O)CCCCC1. The third-order valence-corrected chi connectivity index (χ3v) is 3.95. The Hall–Kier alpha value is -2.11.